The van der Waals surface area contributed by atoms with Gasteiger partial charge in [-0.05, 0) is 37.6 Å². The highest BCUT2D eigenvalue weighted by Gasteiger charge is 2.22. The minimum Gasteiger partial charge on any atom is -0.361 e. The lowest BCUT2D eigenvalue weighted by Crippen LogP contribution is -2.40. The molecule has 0 bridgehead atoms. The van der Waals surface area contributed by atoms with E-state index in [9.17, 15) is 4.79 Å². The van der Waals surface area contributed by atoms with Gasteiger partial charge in [-0.2, -0.15) is 4.40 Å². The number of fused-ring (bicyclic) bond motifs is 1. The van der Waals surface area contributed by atoms with Crippen molar-refractivity contribution in [2.75, 3.05) is 0 Å². The Labute approximate surface area is 155 Å². The highest BCUT2D eigenvalue weighted by atomic mass is 35.5. The molecule has 3 aromatic heterocycles. The predicted octanol–water partition coefficient (Wildman–Crippen LogP) is 3.56. The third-order valence-corrected chi connectivity index (χ3v) is 4.69. The van der Waals surface area contributed by atoms with Gasteiger partial charge in [-0.3, -0.25) is 0 Å². The average molecular weight is 367 g/mol. The maximum atomic E-state index is 13.0. The van der Waals surface area contributed by atoms with E-state index >= 15 is 0 Å². The van der Waals surface area contributed by atoms with Crippen LogP contribution in [0.2, 0.25) is 5.02 Å². The number of pyridine rings is 1. The van der Waals surface area contributed by atoms with Crippen LogP contribution in [0.4, 0.5) is 0 Å². The molecule has 26 heavy (non-hydrogen) atoms. The number of aryl methyl sites for hydroxylation is 2. The summed E-state index contributed by atoms with van der Waals surface area (Å²) in [6.07, 6.45) is 3.65. The lowest BCUT2D eigenvalue weighted by Gasteiger charge is -2.07. The Hall–Kier alpha value is -2.92. The van der Waals surface area contributed by atoms with Crippen LogP contribution in [0, 0.1) is 13.8 Å². The first-order chi connectivity index (χ1) is 12.5. The SMILES string of the molecule is Cc1noc(C)c1-c1c[n+](Cc2ccc(Cl)cc2)c2ccccn2c1=O. The highest BCUT2D eigenvalue weighted by Crippen LogP contribution is 2.23. The van der Waals surface area contributed by atoms with Gasteiger partial charge in [0.25, 0.3) is 5.65 Å². The molecule has 5 nitrogen and oxygen atoms in total. The molecule has 0 aliphatic heterocycles. The Bertz CT molecular complexity index is 1140. The molecule has 4 aromatic rings. The van der Waals surface area contributed by atoms with Gasteiger partial charge in [0.15, 0.2) is 0 Å². The van der Waals surface area contributed by atoms with Crippen LogP contribution in [-0.4, -0.2) is 9.56 Å². The van der Waals surface area contributed by atoms with E-state index in [2.05, 4.69) is 5.16 Å². The second kappa shape index (κ2) is 6.42. The largest absolute Gasteiger partial charge is 0.361 e. The van der Waals surface area contributed by atoms with E-state index in [4.69, 9.17) is 16.1 Å². The van der Waals surface area contributed by atoms with E-state index < -0.39 is 0 Å². The van der Waals surface area contributed by atoms with Crippen molar-refractivity contribution in [1.82, 2.24) is 9.56 Å². The van der Waals surface area contributed by atoms with Gasteiger partial charge in [-0.1, -0.05) is 35.0 Å². The number of hydrogen-bond donors (Lipinski definition) is 0. The van der Waals surface area contributed by atoms with Crippen LogP contribution in [0.15, 0.2) is 64.2 Å². The molecule has 0 saturated carbocycles. The molecule has 6 heteroatoms. The van der Waals surface area contributed by atoms with Crippen molar-refractivity contribution >= 4 is 17.2 Å². The van der Waals surface area contributed by atoms with Crippen LogP contribution in [0.25, 0.3) is 16.8 Å². The van der Waals surface area contributed by atoms with Crippen LogP contribution in [-0.2, 0) is 6.54 Å². The van der Waals surface area contributed by atoms with E-state index in [1.807, 2.05) is 67.1 Å². The molecule has 0 unspecified atom stereocenters. The van der Waals surface area contributed by atoms with Crippen molar-refractivity contribution in [1.29, 1.82) is 0 Å². The zero-order valence-corrected chi connectivity index (χ0v) is 15.2. The van der Waals surface area contributed by atoms with Crippen LogP contribution in [0.1, 0.15) is 17.0 Å². The molecule has 4 rings (SSSR count). The fourth-order valence-corrected chi connectivity index (χ4v) is 3.33. The monoisotopic (exact) mass is 366 g/mol. The van der Waals surface area contributed by atoms with Gasteiger partial charge in [-0.15, -0.1) is 0 Å². The van der Waals surface area contributed by atoms with Crippen molar-refractivity contribution in [3.63, 3.8) is 0 Å². The Morgan fingerprint density at radius 2 is 1.92 bits per heavy atom. The molecule has 0 saturated heterocycles. The van der Waals surface area contributed by atoms with Crippen LogP contribution < -0.4 is 10.1 Å². The zero-order valence-electron chi connectivity index (χ0n) is 14.4. The van der Waals surface area contributed by atoms with E-state index in [-0.39, 0.29) is 5.56 Å². The number of halogens is 1. The minimum absolute atomic E-state index is 0.0950. The number of rotatable bonds is 3. The first-order valence-electron chi connectivity index (χ1n) is 8.26. The lowest BCUT2D eigenvalue weighted by molar-refractivity contribution is -0.665. The van der Waals surface area contributed by atoms with Crippen LogP contribution >= 0.6 is 11.6 Å². The van der Waals surface area contributed by atoms with Gasteiger partial charge in [0.1, 0.15) is 24.1 Å². The second-order valence-electron chi connectivity index (χ2n) is 6.23. The summed E-state index contributed by atoms with van der Waals surface area (Å²) in [4.78, 5) is 13.0. The summed E-state index contributed by atoms with van der Waals surface area (Å²) in [6.45, 7) is 4.27. The standard InChI is InChI=1S/C20H17ClN3O2/c1-13-19(14(2)26-22-13)17-12-23(11-15-6-8-16(21)9-7-15)18-5-3-4-10-24(18)20(17)25/h3-10,12H,11H2,1-2H3/q+1. The number of aromatic nitrogens is 3. The summed E-state index contributed by atoms with van der Waals surface area (Å²) < 4.78 is 8.96. The summed E-state index contributed by atoms with van der Waals surface area (Å²) in [6, 6.07) is 13.4. The molecule has 0 amide bonds. The predicted molar refractivity (Wildman–Crippen MR) is 99.4 cm³/mol. The zero-order chi connectivity index (χ0) is 18.3. The van der Waals surface area contributed by atoms with Crippen molar-refractivity contribution in [3.05, 3.63) is 87.3 Å². The van der Waals surface area contributed by atoms with Gasteiger partial charge in [0.05, 0.1) is 17.5 Å². The Morgan fingerprint density at radius 3 is 2.62 bits per heavy atom. The maximum absolute atomic E-state index is 13.0. The Kier molecular flexibility index (Phi) is 4.09. The molecule has 130 valence electrons. The van der Waals surface area contributed by atoms with Gasteiger partial charge in [0.2, 0.25) is 0 Å². The Morgan fingerprint density at radius 1 is 1.15 bits per heavy atom. The quantitative estimate of drug-likeness (QED) is 0.521. The van der Waals surface area contributed by atoms with E-state index in [1.165, 1.54) is 0 Å². The van der Waals surface area contributed by atoms with Crippen molar-refractivity contribution < 1.29 is 9.09 Å². The topological polar surface area (TPSA) is 51.4 Å². The normalized spacial score (nSPS) is 11.2. The van der Waals surface area contributed by atoms with E-state index in [0.29, 0.717) is 28.6 Å². The molecule has 0 fully saturated rings. The van der Waals surface area contributed by atoms with Crippen molar-refractivity contribution in [2.24, 2.45) is 0 Å². The molecule has 0 radical (unpaired) electrons. The van der Waals surface area contributed by atoms with Gasteiger partial charge < -0.3 is 4.52 Å². The molecule has 0 aliphatic rings. The molecular formula is C20H17ClN3O2+. The summed E-state index contributed by atoms with van der Waals surface area (Å²) in [5, 5.41) is 4.69. The molecule has 0 spiro atoms. The Balaban J connectivity index is 1.96. The molecule has 3 heterocycles. The molecular weight excluding hydrogens is 350 g/mol. The van der Waals surface area contributed by atoms with Crippen molar-refractivity contribution in [3.8, 4) is 11.1 Å². The van der Waals surface area contributed by atoms with Gasteiger partial charge in [0, 0.05) is 11.1 Å². The van der Waals surface area contributed by atoms with Gasteiger partial charge in [-0.25, -0.2) is 9.36 Å². The summed E-state index contributed by atoms with van der Waals surface area (Å²) in [5.74, 6) is 0.633. The summed E-state index contributed by atoms with van der Waals surface area (Å²) in [5.41, 5.74) is 3.82. The minimum atomic E-state index is -0.0950. The lowest BCUT2D eigenvalue weighted by atomic mass is 10.1. The first kappa shape index (κ1) is 16.5. The number of nitrogens with zero attached hydrogens (tertiary/aromatic N) is 3. The van der Waals surface area contributed by atoms with Crippen LogP contribution in [0.3, 0.4) is 0 Å². The fraction of sp³-hybridized carbons (Fsp3) is 0.150. The molecule has 0 aliphatic carbocycles. The first-order valence-corrected chi connectivity index (χ1v) is 8.64. The molecule has 0 atom stereocenters. The second-order valence-corrected chi connectivity index (χ2v) is 6.67. The summed E-state index contributed by atoms with van der Waals surface area (Å²) in [7, 11) is 0. The number of hydrogen-bond acceptors (Lipinski definition) is 3. The van der Waals surface area contributed by atoms with Gasteiger partial charge >= 0.3 is 5.56 Å². The van der Waals surface area contributed by atoms with Crippen molar-refractivity contribution in [2.45, 2.75) is 20.4 Å². The third-order valence-electron chi connectivity index (χ3n) is 4.44. The van der Waals surface area contributed by atoms with E-state index in [0.717, 1.165) is 16.8 Å². The maximum Gasteiger partial charge on any atom is 0.350 e. The fourth-order valence-electron chi connectivity index (χ4n) is 3.20. The van der Waals surface area contributed by atoms with Crippen LogP contribution in [0.5, 0.6) is 0 Å². The average Bonchev–Trinajstić information content (AvgIpc) is 2.98. The third kappa shape index (κ3) is 2.80. The molecule has 1 aromatic carbocycles. The summed E-state index contributed by atoms with van der Waals surface area (Å²) >= 11 is 5.99. The highest BCUT2D eigenvalue weighted by molar-refractivity contribution is 6.30. The van der Waals surface area contributed by atoms with E-state index in [1.54, 1.807) is 10.6 Å². The smallest absolute Gasteiger partial charge is 0.350 e. The number of benzene rings is 1. The molecule has 0 N–H and O–H groups in total.